The van der Waals surface area contributed by atoms with Gasteiger partial charge in [0, 0.05) is 5.75 Å². The monoisotopic (exact) mass is 247 g/mol. The van der Waals surface area contributed by atoms with Crippen molar-refractivity contribution in [3.63, 3.8) is 0 Å². The van der Waals surface area contributed by atoms with Gasteiger partial charge in [-0.05, 0) is 35.6 Å². The van der Waals surface area contributed by atoms with Crippen LogP contribution in [0, 0.1) is 0 Å². The normalized spacial score (nSPS) is 12.8. The molecule has 1 atom stereocenters. The molecule has 0 heterocycles. The van der Waals surface area contributed by atoms with Gasteiger partial charge >= 0.3 is 0 Å². The van der Waals surface area contributed by atoms with Crippen LogP contribution in [-0.2, 0) is 17.5 Å². The van der Waals surface area contributed by atoms with Crippen LogP contribution in [0.1, 0.15) is 18.4 Å². The Bertz CT molecular complexity index is 517. The molecule has 0 bridgehead atoms. The van der Waals surface area contributed by atoms with Crippen LogP contribution in [0.2, 0.25) is 0 Å². The molecule has 0 saturated heterocycles. The average molecular weight is 247 g/mol. The maximum atomic E-state index is 10.4. The van der Waals surface area contributed by atoms with E-state index in [2.05, 4.69) is 30.3 Å². The molecule has 2 rings (SSSR count). The van der Waals surface area contributed by atoms with Crippen molar-refractivity contribution in [1.82, 2.24) is 0 Å². The zero-order chi connectivity index (χ0) is 12.1. The second kappa shape index (κ2) is 5.94. The van der Waals surface area contributed by atoms with E-state index in [0.717, 1.165) is 19.3 Å². The predicted octanol–water partition coefficient (Wildman–Crippen LogP) is 3.04. The number of hydrogen-bond acceptors (Lipinski definition) is 2. The molecule has 0 aliphatic carbocycles. The molecule has 2 aromatic rings. The average Bonchev–Trinajstić information content (AvgIpc) is 2.34. The molecule has 0 fully saturated rings. The second-order valence-corrected chi connectivity index (χ2v) is 5.12. The Labute approximate surface area is 104 Å². The van der Waals surface area contributed by atoms with Crippen molar-refractivity contribution in [3.05, 3.63) is 48.0 Å². The summed E-state index contributed by atoms with van der Waals surface area (Å²) in [7, 11) is 0. The topological polar surface area (TPSA) is 40.1 Å². The third-order valence-electron chi connectivity index (χ3n) is 2.89. The summed E-state index contributed by atoms with van der Waals surface area (Å²) in [5, 5.41) is 2.52. The molecule has 0 aliphatic rings. The number of aryl methyl sites for hydroxylation is 1. The Hall–Kier alpha value is -1.19. The van der Waals surface area contributed by atoms with Gasteiger partial charge < -0.3 is 4.55 Å². The van der Waals surface area contributed by atoms with Gasteiger partial charge in [0.2, 0.25) is 0 Å². The minimum Gasteiger partial charge on any atom is -0.772 e. The Morgan fingerprint density at radius 2 is 1.76 bits per heavy atom. The van der Waals surface area contributed by atoms with Crippen molar-refractivity contribution in [2.24, 2.45) is 0 Å². The van der Waals surface area contributed by atoms with Crippen LogP contribution in [0.15, 0.2) is 42.5 Å². The van der Waals surface area contributed by atoms with E-state index in [1.165, 1.54) is 16.3 Å². The van der Waals surface area contributed by atoms with Gasteiger partial charge in [0.05, 0.1) is 0 Å². The molecule has 0 radical (unpaired) electrons. The van der Waals surface area contributed by atoms with Crippen molar-refractivity contribution in [2.75, 3.05) is 5.75 Å². The highest BCUT2D eigenvalue weighted by atomic mass is 32.2. The molecule has 2 aromatic carbocycles. The molecule has 0 saturated carbocycles. The largest absolute Gasteiger partial charge is 0.772 e. The van der Waals surface area contributed by atoms with Crippen LogP contribution in [0.4, 0.5) is 0 Å². The van der Waals surface area contributed by atoms with E-state index in [4.69, 9.17) is 0 Å². The Kier molecular flexibility index (Phi) is 4.29. The van der Waals surface area contributed by atoms with Crippen LogP contribution >= 0.6 is 0 Å². The van der Waals surface area contributed by atoms with Gasteiger partial charge in [-0.1, -0.05) is 53.5 Å². The summed E-state index contributed by atoms with van der Waals surface area (Å²) < 4.78 is 20.8. The second-order valence-electron chi connectivity index (χ2n) is 4.10. The highest BCUT2D eigenvalue weighted by molar-refractivity contribution is 7.79. The lowest BCUT2D eigenvalue weighted by Gasteiger charge is -2.07. The Morgan fingerprint density at radius 3 is 2.59 bits per heavy atom. The minimum atomic E-state index is -1.90. The Balaban J connectivity index is 2.05. The lowest BCUT2D eigenvalue weighted by molar-refractivity contribution is 0.533. The SMILES string of the molecule is O=S([O-])CCCCc1cccc2ccccc12. The number of rotatable bonds is 5. The number of unbranched alkanes of at least 4 members (excludes halogenated alkanes) is 1. The molecule has 0 N–H and O–H groups in total. The zero-order valence-corrected chi connectivity index (χ0v) is 10.4. The fourth-order valence-electron chi connectivity index (χ4n) is 2.05. The fraction of sp³-hybridized carbons (Fsp3) is 0.286. The summed E-state index contributed by atoms with van der Waals surface area (Å²) in [6.45, 7) is 0. The lowest BCUT2D eigenvalue weighted by atomic mass is 10.0. The van der Waals surface area contributed by atoms with Crippen LogP contribution < -0.4 is 0 Å². The first-order valence-electron chi connectivity index (χ1n) is 5.80. The van der Waals surface area contributed by atoms with Crippen LogP contribution in [-0.4, -0.2) is 14.5 Å². The Morgan fingerprint density at radius 1 is 1.00 bits per heavy atom. The molecule has 0 aliphatic heterocycles. The summed E-state index contributed by atoms with van der Waals surface area (Å²) in [6.07, 6.45) is 2.60. The van der Waals surface area contributed by atoms with E-state index < -0.39 is 11.1 Å². The van der Waals surface area contributed by atoms with Crippen LogP contribution in [0.3, 0.4) is 0 Å². The van der Waals surface area contributed by atoms with E-state index in [0.29, 0.717) is 0 Å². The van der Waals surface area contributed by atoms with E-state index in [9.17, 15) is 8.76 Å². The van der Waals surface area contributed by atoms with Crippen molar-refractivity contribution < 1.29 is 8.76 Å². The summed E-state index contributed by atoms with van der Waals surface area (Å²) in [4.78, 5) is 0. The summed E-state index contributed by atoms with van der Waals surface area (Å²) in [5.74, 6) is 0.269. The van der Waals surface area contributed by atoms with Gasteiger partial charge in [0.15, 0.2) is 0 Å². The summed E-state index contributed by atoms with van der Waals surface area (Å²) >= 11 is -1.90. The molecule has 17 heavy (non-hydrogen) atoms. The van der Waals surface area contributed by atoms with Crippen molar-refractivity contribution in [3.8, 4) is 0 Å². The van der Waals surface area contributed by atoms with Crippen LogP contribution in [0.5, 0.6) is 0 Å². The van der Waals surface area contributed by atoms with Gasteiger partial charge in [0.1, 0.15) is 0 Å². The molecule has 3 heteroatoms. The van der Waals surface area contributed by atoms with Gasteiger partial charge in [-0.2, -0.15) is 0 Å². The summed E-state index contributed by atoms with van der Waals surface area (Å²) in [6, 6.07) is 14.6. The van der Waals surface area contributed by atoms with E-state index in [-0.39, 0.29) is 5.75 Å². The smallest absolute Gasteiger partial charge is 0.0102 e. The minimum absolute atomic E-state index is 0.269. The van der Waals surface area contributed by atoms with Crippen molar-refractivity contribution in [1.29, 1.82) is 0 Å². The number of fused-ring (bicyclic) bond motifs is 1. The van der Waals surface area contributed by atoms with Gasteiger partial charge in [0.25, 0.3) is 0 Å². The number of benzene rings is 2. The quantitative estimate of drug-likeness (QED) is 0.602. The molecule has 2 nitrogen and oxygen atoms in total. The van der Waals surface area contributed by atoms with Crippen LogP contribution in [0.25, 0.3) is 10.8 Å². The highest BCUT2D eigenvalue weighted by Crippen LogP contribution is 2.20. The first kappa shape index (κ1) is 12.3. The predicted molar refractivity (Wildman–Crippen MR) is 70.7 cm³/mol. The lowest BCUT2D eigenvalue weighted by Crippen LogP contribution is -1.96. The standard InChI is InChI=1S/C14H16O2S/c15-17(16)11-4-3-7-13-9-5-8-12-6-1-2-10-14(12)13/h1-2,5-6,8-10H,3-4,7,11H2,(H,15,16)/p-1. The van der Waals surface area contributed by atoms with E-state index in [1.807, 2.05) is 12.1 Å². The molecule has 0 amide bonds. The molecule has 0 aromatic heterocycles. The first-order valence-corrected chi connectivity index (χ1v) is 7.04. The van der Waals surface area contributed by atoms with E-state index in [1.54, 1.807) is 0 Å². The molecule has 1 unspecified atom stereocenters. The first-order chi connectivity index (χ1) is 8.27. The number of hydrogen-bond donors (Lipinski definition) is 0. The highest BCUT2D eigenvalue weighted by Gasteiger charge is 1.99. The third-order valence-corrected chi connectivity index (χ3v) is 3.51. The zero-order valence-electron chi connectivity index (χ0n) is 9.59. The molecular formula is C14H15O2S-. The maximum Gasteiger partial charge on any atom is 0.0102 e. The third kappa shape index (κ3) is 3.38. The van der Waals surface area contributed by atoms with Crippen molar-refractivity contribution in [2.45, 2.75) is 19.3 Å². The molecular weight excluding hydrogens is 232 g/mol. The van der Waals surface area contributed by atoms with Gasteiger partial charge in [-0.25, -0.2) is 0 Å². The van der Waals surface area contributed by atoms with Gasteiger partial charge in [-0.15, -0.1) is 0 Å². The fourth-order valence-corrected chi connectivity index (χ4v) is 2.49. The molecule has 0 spiro atoms. The molecule has 90 valence electrons. The van der Waals surface area contributed by atoms with Gasteiger partial charge in [-0.3, -0.25) is 4.21 Å². The van der Waals surface area contributed by atoms with Crippen molar-refractivity contribution >= 4 is 21.9 Å². The summed E-state index contributed by atoms with van der Waals surface area (Å²) in [5.41, 5.74) is 1.31. The van der Waals surface area contributed by atoms with E-state index >= 15 is 0 Å². The maximum absolute atomic E-state index is 10.4.